The second kappa shape index (κ2) is 5.69. The van der Waals surface area contributed by atoms with Crippen LogP contribution in [0.5, 0.6) is 0 Å². The first-order valence-electron chi connectivity index (χ1n) is 5.92. The van der Waals surface area contributed by atoms with Crippen LogP contribution in [0.4, 0.5) is 0 Å². The summed E-state index contributed by atoms with van der Waals surface area (Å²) in [6, 6.07) is 7.99. The van der Waals surface area contributed by atoms with Crippen molar-refractivity contribution in [2.24, 2.45) is 0 Å². The predicted octanol–water partition coefficient (Wildman–Crippen LogP) is 3.78. The fraction of sp³-hybridized carbons (Fsp3) is 0.500. The Morgan fingerprint density at radius 3 is 2.31 bits per heavy atom. The molecule has 0 aromatic heterocycles. The summed E-state index contributed by atoms with van der Waals surface area (Å²) in [5.41, 5.74) is 2.16. The average molecular weight is 220 g/mol. The van der Waals surface area contributed by atoms with Gasteiger partial charge >= 0.3 is 5.97 Å². The van der Waals surface area contributed by atoms with Gasteiger partial charge < -0.3 is 5.11 Å². The fourth-order valence-corrected chi connectivity index (χ4v) is 1.98. The third-order valence-electron chi connectivity index (χ3n) is 3.24. The van der Waals surface area contributed by atoms with E-state index in [-0.39, 0.29) is 0 Å². The molecule has 2 nitrogen and oxygen atoms in total. The summed E-state index contributed by atoms with van der Waals surface area (Å²) in [5, 5.41) is 8.98. The zero-order valence-electron chi connectivity index (χ0n) is 10.2. The van der Waals surface area contributed by atoms with Gasteiger partial charge in [-0.25, -0.2) is 0 Å². The van der Waals surface area contributed by atoms with Crippen LogP contribution in [-0.2, 0) is 4.79 Å². The highest BCUT2D eigenvalue weighted by atomic mass is 16.4. The predicted molar refractivity (Wildman–Crippen MR) is 65.8 cm³/mol. The van der Waals surface area contributed by atoms with Crippen molar-refractivity contribution in [1.82, 2.24) is 0 Å². The summed E-state index contributed by atoms with van der Waals surface area (Å²) >= 11 is 0. The summed E-state index contributed by atoms with van der Waals surface area (Å²) in [7, 11) is 0. The van der Waals surface area contributed by atoms with Crippen molar-refractivity contribution >= 4 is 5.97 Å². The third-order valence-corrected chi connectivity index (χ3v) is 3.24. The van der Waals surface area contributed by atoms with Crippen molar-refractivity contribution in [2.75, 3.05) is 0 Å². The van der Waals surface area contributed by atoms with Gasteiger partial charge in [-0.3, -0.25) is 4.79 Å². The van der Waals surface area contributed by atoms with Gasteiger partial charge in [0.05, 0.1) is 5.92 Å². The Balaban J connectivity index is 2.98. The number of carbonyl (C=O) groups is 1. The van der Waals surface area contributed by atoms with Crippen LogP contribution in [0.1, 0.15) is 56.6 Å². The van der Waals surface area contributed by atoms with Gasteiger partial charge in [0.15, 0.2) is 0 Å². The Morgan fingerprint density at radius 1 is 1.25 bits per heavy atom. The van der Waals surface area contributed by atoms with Gasteiger partial charge in [-0.1, -0.05) is 38.1 Å². The van der Waals surface area contributed by atoms with Crippen LogP contribution in [0.15, 0.2) is 24.3 Å². The van der Waals surface area contributed by atoms with E-state index >= 15 is 0 Å². The van der Waals surface area contributed by atoms with Crippen molar-refractivity contribution in [3.63, 3.8) is 0 Å². The van der Waals surface area contributed by atoms with E-state index in [1.54, 1.807) is 6.92 Å². The van der Waals surface area contributed by atoms with E-state index in [9.17, 15) is 4.79 Å². The number of hydrogen-bond acceptors (Lipinski definition) is 1. The lowest BCUT2D eigenvalue weighted by molar-refractivity contribution is -0.138. The molecule has 1 N–H and O–H groups in total. The second-order valence-electron chi connectivity index (χ2n) is 4.24. The Hall–Kier alpha value is -1.31. The number of carboxylic acid groups (broad SMARTS) is 1. The summed E-state index contributed by atoms with van der Waals surface area (Å²) in [6.45, 7) is 6.07. The molecule has 1 atom stereocenters. The molecule has 88 valence electrons. The zero-order chi connectivity index (χ0) is 12.1. The molecule has 0 heterocycles. The smallest absolute Gasteiger partial charge is 0.310 e. The summed E-state index contributed by atoms with van der Waals surface area (Å²) in [4.78, 5) is 10.9. The molecule has 0 aliphatic heterocycles. The molecule has 1 aromatic carbocycles. The average Bonchev–Trinajstić information content (AvgIpc) is 2.30. The highest BCUT2D eigenvalue weighted by Gasteiger charge is 2.15. The first-order chi connectivity index (χ1) is 7.60. The summed E-state index contributed by atoms with van der Waals surface area (Å²) < 4.78 is 0. The molecule has 2 heteroatoms. The van der Waals surface area contributed by atoms with Crippen molar-refractivity contribution in [3.8, 4) is 0 Å². The molecule has 0 radical (unpaired) electrons. The Kier molecular flexibility index (Phi) is 4.53. The van der Waals surface area contributed by atoms with Crippen LogP contribution in [-0.4, -0.2) is 11.1 Å². The molecular formula is C14H20O2. The molecule has 0 fully saturated rings. The van der Waals surface area contributed by atoms with Crippen LogP contribution in [0.3, 0.4) is 0 Å². The summed E-state index contributed by atoms with van der Waals surface area (Å²) in [6.07, 6.45) is 2.20. The molecule has 16 heavy (non-hydrogen) atoms. The molecule has 0 saturated heterocycles. The van der Waals surface area contributed by atoms with Crippen molar-refractivity contribution in [3.05, 3.63) is 35.4 Å². The minimum atomic E-state index is -0.762. The zero-order valence-corrected chi connectivity index (χ0v) is 10.2. The third kappa shape index (κ3) is 2.84. The highest BCUT2D eigenvalue weighted by molar-refractivity contribution is 5.75. The van der Waals surface area contributed by atoms with Gasteiger partial charge in [0.25, 0.3) is 0 Å². The maximum absolute atomic E-state index is 10.9. The maximum Gasteiger partial charge on any atom is 0.310 e. The monoisotopic (exact) mass is 220 g/mol. The van der Waals surface area contributed by atoms with E-state index in [1.165, 1.54) is 5.56 Å². The van der Waals surface area contributed by atoms with Gasteiger partial charge in [0.2, 0.25) is 0 Å². The molecule has 0 saturated carbocycles. The van der Waals surface area contributed by atoms with Gasteiger partial charge in [-0.05, 0) is 36.8 Å². The van der Waals surface area contributed by atoms with Crippen LogP contribution in [0.2, 0.25) is 0 Å². The number of benzene rings is 1. The topological polar surface area (TPSA) is 37.3 Å². The Labute approximate surface area is 97.3 Å². The molecule has 0 spiro atoms. The van der Waals surface area contributed by atoms with Crippen LogP contribution < -0.4 is 0 Å². The first kappa shape index (κ1) is 12.8. The fourth-order valence-electron chi connectivity index (χ4n) is 1.98. The lowest BCUT2D eigenvalue weighted by atomic mass is 9.90. The first-order valence-corrected chi connectivity index (χ1v) is 5.92. The van der Waals surface area contributed by atoms with Crippen molar-refractivity contribution in [1.29, 1.82) is 0 Å². The van der Waals surface area contributed by atoms with Crippen molar-refractivity contribution < 1.29 is 9.90 Å². The number of hydrogen-bond donors (Lipinski definition) is 1. The van der Waals surface area contributed by atoms with Gasteiger partial charge in [-0.15, -0.1) is 0 Å². The molecule has 0 amide bonds. The van der Waals surface area contributed by atoms with Crippen LogP contribution in [0, 0.1) is 0 Å². The van der Waals surface area contributed by atoms with Gasteiger partial charge in [0.1, 0.15) is 0 Å². The molecule has 0 aliphatic carbocycles. The normalized spacial score (nSPS) is 12.8. The van der Waals surface area contributed by atoms with E-state index in [0.29, 0.717) is 5.92 Å². The maximum atomic E-state index is 10.9. The lowest BCUT2D eigenvalue weighted by Gasteiger charge is -2.15. The minimum Gasteiger partial charge on any atom is -0.481 e. The van der Waals surface area contributed by atoms with Crippen molar-refractivity contribution in [2.45, 2.75) is 45.4 Å². The SMILES string of the molecule is CCC(CC)c1cccc([C@@H](C)C(=O)O)c1. The lowest BCUT2D eigenvalue weighted by Crippen LogP contribution is -2.08. The quantitative estimate of drug-likeness (QED) is 0.820. The number of rotatable bonds is 5. The second-order valence-corrected chi connectivity index (χ2v) is 4.24. The minimum absolute atomic E-state index is 0.422. The molecule has 0 unspecified atom stereocenters. The van der Waals surface area contributed by atoms with Crippen LogP contribution >= 0.6 is 0 Å². The van der Waals surface area contributed by atoms with E-state index in [1.807, 2.05) is 18.2 Å². The summed E-state index contributed by atoms with van der Waals surface area (Å²) in [5.74, 6) is -0.642. The van der Waals surface area contributed by atoms with Crippen LogP contribution in [0.25, 0.3) is 0 Å². The number of carboxylic acids is 1. The van der Waals surface area contributed by atoms with E-state index in [4.69, 9.17) is 5.11 Å². The number of aliphatic carboxylic acids is 1. The molecule has 1 aromatic rings. The standard InChI is InChI=1S/C14H20O2/c1-4-11(5-2)13-8-6-7-12(9-13)10(3)14(15)16/h6-11H,4-5H2,1-3H3,(H,15,16)/t10-/m1/s1. The molecular weight excluding hydrogens is 200 g/mol. The highest BCUT2D eigenvalue weighted by Crippen LogP contribution is 2.26. The molecule has 0 bridgehead atoms. The van der Waals surface area contributed by atoms with Gasteiger partial charge in [-0.2, -0.15) is 0 Å². The van der Waals surface area contributed by atoms with E-state index < -0.39 is 11.9 Å². The van der Waals surface area contributed by atoms with E-state index in [0.717, 1.165) is 18.4 Å². The molecule has 0 aliphatic rings. The van der Waals surface area contributed by atoms with E-state index in [2.05, 4.69) is 19.9 Å². The Bertz CT molecular complexity index is 354. The molecule has 1 rings (SSSR count). The largest absolute Gasteiger partial charge is 0.481 e. The van der Waals surface area contributed by atoms with Gasteiger partial charge in [0, 0.05) is 0 Å². The Morgan fingerprint density at radius 2 is 1.81 bits per heavy atom.